The van der Waals surface area contributed by atoms with E-state index in [9.17, 15) is 9.59 Å². The quantitative estimate of drug-likeness (QED) is 0.541. The number of carbonyl (C=O) groups excluding carboxylic acids is 2. The lowest BCUT2D eigenvalue weighted by molar-refractivity contribution is -0.145. The Bertz CT molecular complexity index is 576. The summed E-state index contributed by atoms with van der Waals surface area (Å²) in [7, 11) is 3.03. The molecule has 0 fully saturated rings. The molecule has 1 rings (SSSR count). The molecule has 0 amide bonds. The lowest BCUT2D eigenvalue weighted by Gasteiger charge is -2.12. The summed E-state index contributed by atoms with van der Waals surface area (Å²) in [4.78, 5) is 23.8. The van der Waals surface area contributed by atoms with E-state index in [1.807, 2.05) is 0 Å². The molecule has 0 aliphatic carbocycles. The maximum atomic E-state index is 12.1. The standard InChI is InChI=1S/C17H22O6/c1-5-22-15(18)11-13(17(19)23-6-2)10-12-8-7-9-14(20-3)16(12)21-4/h7-10H,5-6,11H2,1-4H3/b13-10+. The number of esters is 2. The Kier molecular flexibility index (Phi) is 7.66. The molecule has 0 radical (unpaired) electrons. The highest BCUT2D eigenvalue weighted by molar-refractivity contribution is 5.98. The van der Waals surface area contributed by atoms with Crippen LogP contribution in [-0.2, 0) is 19.1 Å². The average molecular weight is 322 g/mol. The molecule has 6 heteroatoms. The second-order valence-corrected chi connectivity index (χ2v) is 4.45. The van der Waals surface area contributed by atoms with E-state index < -0.39 is 11.9 Å². The molecule has 0 heterocycles. The van der Waals surface area contributed by atoms with Gasteiger partial charge in [-0.25, -0.2) is 4.79 Å². The van der Waals surface area contributed by atoms with Crippen LogP contribution < -0.4 is 9.47 Å². The van der Waals surface area contributed by atoms with Crippen molar-refractivity contribution >= 4 is 18.0 Å². The average Bonchev–Trinajstić information content (AvgIpc) is 2.54. The largest absolute Gasteiger partial charge is 0.493 e. The van der Waals surface area contributed by atoms with Crippen LogP contribution in [0, 0.1) is 0 Å². The van der Waals surface area contributed by atoms with Crippen LogP contribution in [0.3, 0.4) is 0 Å². The third kappa shape index (κ3) is 5.32. The predicted molar refractivity (Wildman–Crippen MR) is 85.4 cm³/mol. The van der Waals surface area contributed by atoms with Gasteiger partial charge in [0.25, 0.3) is 0 Å². The summed E-state index contributed by atoms with van der Waals surface area (Å²) in [5.41, 5.74) is 0.802. The van der Waals surface area contributed by atoms with Gasteiger partial charge in [-0.15, -0.1) is 0 Å². The van der Waals surface area contributed by atoms with Gasteiger partial charge in [0, 0.05) is 11.1 Å². The topological polar surface area (TPSA) is 71.1 Å². The first kappa shape index (κ1) is 18.5. The number of hydrogen-bond donors (Lipinski definition) is 0. The van der Waals surface area contributed by atoms with Crippen molar-refractivity contribution in [2.45, 2.75) is 20.3 Å². The Morgan fingerprint density at radius 1 is 1.04 bits per heavy atom. The number of para-hydroxylation sites is 1. The second-order valence-electron chi connectivity index (χ2n) is 4.45. The second kappa shape index (κ2) is 9.50. The van der Waals surface area contributed by atoms with Crippen molar-refractivity contribution in [3.8, 4) is 11.5 Å². The van der Waals surface area contributed by atoms with Crippen molar-refractivity contribution in [3.63, 3.8) is 0 Å². The first-order valence-corrected chi connectivity index (χ1v) is 7.31. The minimum absolute atomic E-state index is 0.174. The molecular weight excluding hydrogens is 300 g/mol. The number of methoxy groups -OCH3 is 2. The van der Waals surface area contributed by atoms with Gasteiger partial charge in [-0.3, -0.25) is 4.79 Å². The van der Waals surface area contributed by atoms with Crippen LogP contribution in [0.15, 0.2) is 23.8 Å². The van der Waals surface area contributed by atoms with E-state index in [2.05, 4.69) is 0 Å². The summed E-state index contributed by atoms with van der Waals surface area (Å²) < 4.78 is 20.4. The highest BCUT2D eigenvalue weighted by atomic mass is 16.5. The molecule has 0 saturated heterocycles. The zero-order valence-electron chi connectivity index (χ0n) is 13.9. The van der Waals surface area contributed by atoms with Crippen LogP contribution in [0.1, 0.15) is 25.8 Å². The molecule has 0 bridgehead atoms. The highest BCUT2D eigenvalue weighted by Gasteiger charge is 2.18. The maximum absolute atomic E-state index is 12.1. The fourth-order valence-corrected chi connectivity index (χ4v) is 1.99. The molecule has 0 aromatic heterocycles. The molecule has 0 N–H and O–H groups in total. The van der Waals surface area contributed by atoms with Crippen LogP contribution in [-0.4, -0.2) is 39.4 Å². The van der Waals surface area contributed by atoms with Gasteiger partial charge in [0.05, 0.1) is 33.9 Å². The van der Waals surface area contributed by atoms with E-state index in [0.717, 1.165) is 0 Å². The number of benzene rings is 1. The monoisotopic (exact) mass is 322 g/mol. The molecule has 6 nitrogen and oxygen atoms in total. The van der Waals surface area contributed by atoms with E-state index in [-0.39, 0.29) is 25.2 Å². The van der Waals surface area contributed by atoms with Crippen LogP contribution >= 0.6 is 0 Å². The van der Waals surface area contributed by atoms with Crippen LogP contribution in [0.5, 0.6) is 11.5 Å². The zero-order valence-corrected chi connectivity index (χ0v) is 13.9. The minimum atomic E-state index is -0.564. The van der Waals surface area contributed by atoms with Gasteiger partial charge in [-0.2, -0.15) is 0 Å². The Morgan fingerprint density at radius 3 is 2.30 bits per heavy atom. The molecule has 1 aromatic carbocycles. The van der Waals surface area contributed by atoms with Crippen LogP contribution in [0.4, 0.5) is 0 Å². The summed E-state index contributed by atoms with van der Waals surface area (Å²) in [6.45, 7) is 3.87. The highest BCUT2D eigenvalue weighted by Crippen LogP contribution is 2.32. The van der Waals surface area contributed by atoms with Gasteiger partial charge < -0.3 is 18.9 Å². The maximum Gasteiger partial charge on any atom is 0.334 e. The zero-order chi connectivity index (χ0) is 17.2. The summed E-state index contributed by atoms with van der Waals surface area (Å²) in [5.74, 6) is -0.0552. The number of ether oxygens (including phenoxy) is 4. The van der Waals surface area contributed by atoms with Gasteiger partial charge >= 0.3 is 11.9 Å². The molecule has 126 valence electrons. The predicted octanol–water partition coefficient (Wildman–Crippen LogP) is 2.60. The Hall–Kier alpha value is -2.50. The van der Waals surface area contributed by atoms with E-state index in [0.29, 0.717) is 17.1 Å². The van der Waals surface area contributed by atoms with Crippen molar-refractivity contribution in [2.75, 3.05) is 27.4 Å². The van der Waals surface area contributed by atoms with E-state index in [1.54, 1.807) is 38.1 Å². The third-order valence-corrected chi connectivity index (χ3v) is 2.94. The molecule has 23 heavy (non-hydrogen) atoms. The summed E-state index contributed by atoms with van der Waals surface area (Å²) in [6.07, 6.45) is 1.38. The lowest BCUT2D eigenvalue weighted by Crippen LogP contribution is -2.13. The van der Waals surface area contributed by atoms with Crippen molar-refractivity contribution in [2.24, 2.45) is 0 Å². The molecule has 0 unspecified atom stereocenters. The van der Waals surface area contributed by atoms with Crippen molar-refractivity contribution in [3.05, 3.63) is 29.3 Å². The number of carbonyl (C=O) groups is 2. The minimum Gasteiger partial charge on any atom is -0.493 e. The SMILES string of the molecule is CCOC(=O)C/C(=C\c1cccc(OC)c1OC)C(=O)OCC. The fraction of sp³-hybridized carbons (Fsp3) is 0.412. The normalized spacial score (nSPS) is 10.9. The smallest absolute Gasteiger partial charge is 0.334 e. The molecule has 0 aliphatic rings. The Balaban J connectivity index is 3.22. The van der Waals surface area contributed by atoms with Crippen LogP contribution in [0.25, 0.3) is 6.08 Å². The van der Waals surface area contributed by atoms with E-state index in [4.69, 9.17) is 18.9 Å². The fourth-order valence-electron chi connectivity index (χ4n) is 1.99. The molecule has 1 aromatic rings. The lowest BCUT2D eigenvalue weighted by atomic mass is 10.1. The molecule has 0 atom stereocenters. The van der Waals surface area contributed by atoms with Gasteiger partial charge in [0.2, 0.25) is 0 Å². The third-order valence-electron chi connectivity index (χ3n) is 2.94. The molecule has 0 saturated carbocycles. The first-order chi connectivity index (χ1) is 11.1. The Labute approximate surface area is 136 Å². The summed E-state index contributed by atoms with van der Waals surface area (Å²) >= 11 is 0. The Morgan fingerprint density at radius 2 is 1.74 bits per heavy atom. The van der Waals surface area contributed by atoms with Gasteiger partial charge in [0.1, 0.15) is 0 Å². The van der Waals surface area contributed by atoms with Crippen molar-refractivity contribution in [1.29, 1.82) is 0 Å². The van der Waals surface area contributed by atoms with Crippen LogP contribution in [0.2, 0.25) is 0 Å². The molecule has 0 spiro atoms. The molecular formula is C17H22O6. The van der Waals surface area contributed by atoms with Gasteiger partial charge in [-0.1, -0.05) is 12.1 Å². The summed E-state index contributed by atoms with van der Waals surface area (Å²) in [6, 6.07) is 5.26. The first-order valence-electron chi connectivity index (χ1n) is 7.31. The van der Waals surface area contributed by atoms with E-state index >= 15 is 0 Å². The molecule has 0 aliphatic heterocycles. The van der Waals surface area contributed by atoms with Gasteiger partial charge in [0.15, 0.2) is 11.5 Å². The summed E-state index contributed by atoms with van der Waals surface area (Å²) in [5, 5.41) is 0. The number of hydrogen-bond acceptors (Lipinski definition) is 6. The number of rotatable bonds is 8. The van der Waals surface area contributed by atoms with Crippen molar-refractivity contribution < 1.29 is 28.5 Å². The van der Waals surface area contributed by atoms with Crippen molar-refractivity contribution in [1.82, 2.24) is 0 Å². The van der Waals surface area contributed by atoms with E-state index in [1.165, 1.54) is 14.2 Å². The van der Waals surface area contributed by atoms with Gasteiger partial charge in [-0.05, 0) is 26.0 Å².